The fraction of sp³-hybridized carbons (Fsp3) is 0.462. The molecule has 1 fully saturated rings. The quantitative estimate of drug-likeness (QED) is 0.870. The Kier molecular flexibility index (Phi) is 3.22. The second kappa shape index (κ2) is 4.72. The van der Waals surface area contributed by atoms with Crippen LogP contribution in [0.5, 0.6) is 0 Å². The van der Waals surface area contributed by atoms with Crippen molar-refractivity contribution in [2.75, 3.05) is 13.1 Å². The number of imidazole rings is 1. The van der Waals surface area contributed by atoms with E-state index in [1.54, 1.807) is 0 Å². The third-order valence-electron chi connectivity index (χ3n) is 3.66. The monoisotopic (exact) mass is 283 g/mol. The van der Waals surface area contributed by atoms with Crippen molar-refractivity contribution in [1.29, 1.82) is 0 Å². The molecule has 1 N–H and O–H groups in total. The van der Waals surface area contributed by atoms with Gasteiger partial charge in [-0.05, 0) is 38.1 Å². The van der Waals surface area contributed by atoms with E-state index in [9.17, 15) is 0 Å². The highest BCUT2D eigenvalue weighted by atomic mass is 35.5. The molecule has 3 nitrogen and oxygen atoms in total. The van der Waals surface area contributed by atoms with Gasteiger partial charge in [-0.25, -0.2) is 4.98 Å². The molecule has 18 heavy (non-hydrogen) atoms. The number of aryl methyl sites for hydroxylation is 1. The molecule has 0 amide bonds. The number of halogens is 2. The summed E-state index contributed by atoms with van der Waals surface area (Å²) in [6.45, 7) is 2.13. The average Bonchev–Trinajstić information content (AvgIpc) is 2.69. The second-order valence-electron chi connectivity index (χ2n) is 4.81. The second-order valence-corrected chi connectivity index (χ2v) is 5.62. The average molecular weight is 284 g/mol. The number of aromatic nitrogens is 2. The highest BCUT2D eigenvalue weighted by molar-refractivity contribution is 6.42. The zero-order chi connectivity index (χ0) is 12.7. The number of hydrogen-bond donors (Lipinski definition) is 1. The van der Waals surface area contributed by atoms with Crippen LogP contribution >= 0.6 is 23.2 Å². The van der Waals surface area contributed by atoms with Crippen LogP contribution in [-0.4, -0.2) is 22.6 Å². The molecule has 1 aromatic carbocycles. The molecule has 0 bridgehead atoms. The molecule has 0 unspecified atom stereocenters. The van der Waals surface area contributed by atoms with Crippen molar-refractivity contribution in [3.05, 3.63) is 28.0 Å². The van der Waals surface area contributed by atoms with E-state index < -0.39 is 0 Å². The first-order valence-corrected chi connectivity index (χ1v) is 6.94. The molecular weight excluding hydrogens is 269 g/mol. The number of nitrogens with zero attached hydrogens (tertiary/aromatic N) is 2. The fourth-order valence-electron chi connectivity index (χ4n) is 2.65. The van der Waals surface area contributed by atoms with Gasteiger partial charge in [-0.15, -0.1) is 0 Å². The molecule has 0 saturated carbocycles. The molecule has 5 heteroatoms. The van der Waals surface area contributed by atoms with Crippen LogP contribution in [0.15, 0.2) is 12.1 Å². The van der Waals surface area contributed by atoms with E-state index in [0.29, 0.717) is 16.0 Å². The molecule has 0 radical (unpaired) electrons. The molecule has 1 aliphatic heterocycles. The van der Waals surface area contributed by atoms with Crippen molar-refractivity contribution in [3.8, 4) is 0 Å². The van der Waals surface area contributed by atoms with E-state index >= 15 is 0 Å². The van der Waals surface area contributed by atoms with Gasteiger partial charge in [0.2, 0.25) is 0 Å². The lowest BCUT2D eigenvalue weighted by atomic mass is 9.97. The molecule has 0 aliphatic carbocycles. The molecule has 1 saturated heterocycles. The van der Waals surface area contributed by atoms with Crippen molar-refractivity contribution in [2.24, 2.45) is 7.05 Å². The predicted molar refractivity (Wildman–Crippen MR) is 75.6 cm³/mol. The molecule has 1 aliphatic rings. The third-order valence-corrected chi connectivity index (χ3v) is 4.38. The lowest BCUT2D eigenvalue weighted by Crippen LogP contribution is -2.27. The first-order valence-electron chi connectivity index (χ1n) is 6.19. The van der Waals surface area contributed by atoms with Crippen molar-refractivity contribution in [1.82, 2.24) is 14.9 Å². The van der Waals surface area contributed by atoms with Gasteiger partial charge in [0.15, 0.2) is 0 Å². The van der Waals surface area contributed by atoms with Gasteiger partial charge in [0.05, 0.1) is 21.1 Å². The Morgan fingerprint density at radius 1 is 1.22 bits per heavy atom. The summed E-state index contributed by atoms with van der Waals surface area (Å²) in [5.74, 6) is 1.67. The minimum absolute atomic E-state index is 0.529. The first kappa shape index (κ1) is 12.3. The van der Waals surface area contributed by atoms with Gasteiger partial charge in [-0.2, -0.15) is 0 Å². The molecule has 3 rings (SSSR count). The number of piperidine rings is 1. The Morgan fingerprint density at radius 2 is 1.89 bits per heavy atom. The van der Waals surface area contributed by atoms with Gasteiger partial charge >= 0.3 is 0 Å². The maximum atomic E-state index is 6.07. The van der Waals surface area contributed by atoms with Gasteiger partial charge in [0.1, 0.15) is 5.82 Å². The SMILES string of the molecule is Cn1c(C2CCNCC2)nc2cc(Cl)c(Cl)cc21. The summed E-state index contributed by atoms with van der Waals surface area (Å²) in [5.41, 5.74) is 1.98. The maximum Gasteiger partial charge on any atom is 0.112 e. The first-order chi connectivity index (χ1) is 8.66. The summed E-state index contributed by atoms with van der Waals surface area (Å²) in [5, 5.41) is 4.53. The topological polar surface area (TPSA) is 29.9 Å². The van der Waals surface area contributed by atoms with Crippen LogP contribution in [0.2, 0.25) is 10.0 Å². The Hall–Kier alpha value is -0.770. The number of fused-ring (bicyclic) bond motifs is 1. The van der Waals surface area contributed by atoms with Crippen LogP contribution in [0.4, 0.5) is 0 Å². The minimum atomic E-state index is 0.529. The number of hydrogen-bond acceptors (Lipinski definition) is 2. The van der Waals surface area contributed by atoms with Crippen LogP contribution in [0.25, 0.3) is 11.0 Å². The summed E-state index contributed by atoms with van der Waals surface area (Å²) in [7, 11) is 2.05. The van der Waals surface area contributed by atoms with Gasteiger partial charge in [0, 0.05) is 13.0 Å². The molecule has 96 valence electrons. The van der Waals surface area contributed by atoms with E-state index in [4.69, 9.17) is 28.2 Å². The Labute approximate surface area is 116 Å². The largest absolute Gasteiger partial charge is 0.331 e. The molecule has 2 aromatic rings. The van der Waals surface area contributed by atoms with Crippen molar-refractivity contribution in [3.63, 3.8) is 0 Å². The van der Waals surface area contributed by atoms with Gasteiger partial charge in [0.25, 0.3) is 0 Å². The molecule has 1 aromatic heterocycles. The van der Waals surface area contributed by atoms with Crippen LogP contribution in [0.1, 0.15) is 24.6 Å². The summed E-state index contributed by atoms with van der Waals surface area (Å²) in [6.07, 6.45) is 2.28. The maximum absolute atomic E-state index is 6.07. The molecule has 0 spiro atoms. The smallest absolute Gasteiger partial charge is 0.112 e. The van der Waals surface area contributed by atoms with E-state index in [1.165, 1.54) is 0 Å². The van der Waals surface area contributed by atoms with Gasteiger partial charge in [-0.3, -0.25) is 0 Å². The van der Waals surface area contributed by atoms with Crippen molar-refractivity contribution < 1.29 is 0 Å². The van der Waals surface area contributed by atoms with E-state index in [1.807, 2.05) is 12.1 Å². The zero-order valence-electron chi connectivity index (χ0n) is 10.2. The Bertz CT molecular complexity index is 585. The van der Waals surface area contributed by atoms with Crippen LogP contribution in [0.3, 0.4) is 0 Å². The molecular formula is C13H15Cl2N3. The Balaban J connectivity index is 2.10. The molecule has 2 heterocycles. The number of rotatable bonds is 1. The number of benzene rings is 1. The Morgan fingerprint density at radius 3 is 2.61 bits per heavy atom. The summed E-state index contributed by atoms with van der Waals surface area (Å²) >= 11 is 12.1. The highest BCUT2D eigenvalue weighted by Gasteiger charge is 2.21. The minimum Gasteiger partial charge on any atom is -0.331 e. The van der Waals surface area contributed by atoms with Gasteiger partial charge < -0.3 is 9.88 Å². The van der Waals surface area contributed by atoms with Gasteiger partial charge in [-0.1, -0.05) is 23.2 Å². The lowest BCUT2D eigenvalue weighted by molar-refractivity contribution is 0.438. The van der Waals surface area contributed by atoms with Crippen LogP contribution in [-0.2, 0) is 7.05 Å². The van der Waals surface area contributed by atoms with Crippen molar-refractivity contribution in [2.45, 2.75) is 18.8 Å². The van der Waals surface area contributed by atoms with E-state index in [0.717, 1.165) is 42.8 Å². The fourth-order valence-corrected chi connectivity index (χ4v) is 2.97. The normalized spacial score (nSPS) is 17.5. The number of nitrogens with one attached hydrogen (secondary N) is 1. The van der Waals surface area contributed by atoms with Crippen LogP contribution in [0, 0.1) is 0 Å². The van der Waals surface area contributed by atoms with E-state index in [2.05, 4.69) is 16.9 Å². The van der Waals surface area contributed by atoms with Crippen molar-refractivity contribution >= 4 is 34.2 Å². The lowest BCUT2D eigenvalue weighted by Gasteiger charge is -2.22. The zero-order valence-corrected chi connectivity index (χ0v) is 11.7. The summed E-state index contributed by atoms with van der Waals surface area (Å²) in [6, 6.07) is 3.75. The predicted octanol–water partition coefficient (Wildman–Crippen LogP) is 3.35. The summed E-state index contributed by atoms with van der Waals surface area (Å²) < 4.78 is 2.15. The standard InChI is InChI=1S/C13H15Cl2N3/c1-18-12-7-10(15)9(14)6-11(12)17-13(18)8-2-4-16-5-3-8/h6-8,16H,2-5H2,1H3. The molecule has 0 atom stereocenters. The van der Waals surface area contributed by atoms with Crippen LogP contribution < -0.4 is 5.32 Å². The third kappa shape index (κ3) is 2.00. The highest BCUT2D eigenvalue weighted by Crippen LogP contribution is 2.31. The summed E-state index contributed by atoms with van der Waals surface area (Å²) in [4.78, 5) is 4.73. The van der Waals surface area contributed by atoms with E-state index in [-0.39, 0.29) is 0 Å².